The molecule has 4 nitrogen and oxygen atoms in total. The van der Waals surface area contributed by atoms with Crippen molar-refractivity contribution in [1.29, 1.82) is 0 Å². The van der Waals surface area contributed by atoms with Crippen molar-refractivity contribution in [2.24, 2.45) is 5.92 Å². The van der Waals surface area contributed by atoms with Gasteiger partial charge in [0.1, 0.15) is 17.2 Å². The van der Waals surface area contributed by atoms with E-state index in [1.165, 1.54) is 0 Å². The molecule has 6 rings (SSSR count). The number of phenolic OH excluding ortho intramolecular Hbond substituents is 1. The fraction of sp³-hybridized carbons (Fsp3) is 0.276. The third-order valence-corrected chi connectivity index (χ3v) is 7.59. The van der Waals surface area contributed by atoms with Crippen LogP contribution in [0.15, 0.2) is 60.7 Å². The maximum absolute atomic E-state index is 13.1. The molecule has 3 unspecified atom stereocenters. The molecule has 1 fully saturated rings. The van der Waals surface area contributed by atoms with E-state index in [2.05, 4.69) is 13.8 Å². The van der Waals surface area contributed by atoms with Gasteiger partial charge in [-0.3, -0.25) is 0 Å². The highest BCUT2D eigenvalue weighted by molar-refractivity contribution is 6.00. The van der Waals surface area contributed by atoms with E-state index in [-0.39, 0.29) is 0 Å². The molecule has 4 aromatic carbocycles. The predicted octanol–water partition coefficient (Wildman–Crippen LogP) is 7.45. The van der Waals surface area contributed by atoms with Crippen molar-refractivity contribution in [3.8, 4) is 17.2 Å². The third kappa shape index (κ3) is 3.01. The van der Waals surface area contributed by atoms with Crippen molar-refractivity contribution in [2.75, 3.05) is 0 Å². The average Bonchev–Trinajstić information content (AvgIpc) is 3.39. The SMILES string of the molecule is CCc1cccc2c(O)c3c(c(OC(=O)Oc4cccc5ccccc45)c12)C1CC(C)C3C1. The van der Waals surface area contributed by atoms with Crippen LogP contribution in [0.1, 0.15) is 55.2 Å². The Labute approximate surface area is 192 Å². The van der Waals surface area contributed by atoms with Gasteiger partial charge in [0.15, 0.2) is 0 Å². The molecule has 0 radical (unpaired) electrons. The largest absolute Gasteiger partial charge is 0.519 e. The molecule has 0 saturated heterocycles. The predicted molar refractivity (Wildman–Crippen MR) is 129 cm³/mol. The monoisotopic (exact) mass is 438 g/mol. The first-order valence-electron chi connectivity index (χ1n) is 11.7. The number of hydrogen-bond donors (Lipinski definition) is 1. The first-order chi connectivity index (χ1) is 16.1. The Morgan fingerprint density at radius 1 is 0.939 bits per heavy atom. The van der Waals surface area contributed by atoms with Gasteiger partial charge in [0.25, 0.3) is 0 Å². The summed E-state index contributed by atoms with van der Waals surface area (Å²) in [6.07, 6.45) is 2.07. The molecule has 0 spiro atoms. The third-order valence-electron chi connectivity index (χ3n) is 7.59. The van der Waals surface area contributed by atoms with Crippen LogP contribution in [0.2, 0.25) is 0 Å². The summed E-state index contributed by atoms with van der Waals surface area (Å²) >= 11 is 0. The number of carbonyl (C=O) groups is 1. The smallest absolute Gasteiger partial charge is 0.507 e. The van der Waals surface area contributed by atoms with E-state index in [4.69, 9.17) is 9.47 Å². The van der Waals surface area contributed by atoms with E-state index in [0.717, 1.165) is 57.5 Å². The van der Waals surface area contributed by atoms with Crippen LogP contribution in [0.3, 0.4) is 0 Å². The molecule has 1 saturated carbocycles. The molecule has 2 aliphatic rings. The zero-order valence-corrected chi connectivity index (χ0v) is 18.8. The van der Waals surface area contributed by atoms with Crippen LogP contribution in [0, 0.1) is 5.92 Å². The molecule has 0 aromatic heterocycles. The molecule has 33 heavy (non-hydrogen) atoms. The van der Waals surface area contributed by atoms with Crippen LogP contribution in [0.4, 0.5) is 4.79 Å². The van der Waals surface area contributed by atoms with Gasteiger partial charge in [-0.2, -0.15) is 0 Å². The van der Waals surface area contributed by atoms with Crippen LogP contribution >= 0.6 is 0 Å². The van der Waals surface area contributed by atoms with Crippen LogP contribution in [-0.2, 0) is 6.42 Å². The van der Waals surface area contributed by atoms with Gasteiger partial charge in [-0.25, -0.2) is 4.79 Å². The summed E-state index contributed by atoms with van der Waals surface area (Å²) in [7, 11) is 0. The Hall–Kier alpha value is -3.53. The standard InChI is InChI=1S/C29H26O4/c1-3-17-9-6-12-21-24(17)28(25-19-14-16(2)22(15-19)26(25)27(21)30)33-29(31)32-23-13-7-10-18-8-4-5-11-20(18)23/h4-13,16,19,22,30H,3,14-15H2,1-2H3. The maximum atomic E-state index is 13.1. The highest BCUT2D eigenvalue weighted by Gasteiger charge is 2.46. The van der Waals surface area contributed by atoms with Gasteiger partial charge in [-0.05, 0) is 54.0 Å². The summed E-state index contributed by atoms with van der Waals surface area (Å²) in [6, 6.07) is 19.3. The summed E-state index contributed by atoms with van der Waals surface area (Å²) in [4.78, 5) is 13.1. The van der Waals surface area contributed by atoms with Crippen molar-refractivity contribution in [1.82, 2.24) is 0 Å². The second-order valence-electron chi connectivity index (χ2n) is 9.38. The lowest BCUT2D eigenvalue weighted by Crippen LogP contribution is -2.17. The zero-order chi connectivity index (χ0) is 22.7. The number of rotatable bonds is 3. The molecule has 0 heterocycles. The van der Waals surface area contributed by atoms with Crippen molar-refractivity contribution >= 4 is 27.7 Å². The number of aromatic hydroxyl groups is 1. The Kier molecular flexibility index (Phi) is 4.58. The van der Waals surface area contributed by atoms with Gasteiger partial charge in [-0.15, -0.1) is 0 Å². The van der Waals surface area contributed by atoms with Crippen LogP contribution in [0.5, 0.6) is 17.2 Å². The fourth-order valence-electron chi connectivity index (χ4n) is 6.14. The molecule has 166 valence electrons. The van der Waals surface area contributed by atoms with E-state index in [0.29, 0.717) is 35.0 Å². The van der Waals surface area contributed by atoms with Gasteiger partial charge in [0.2, 0.25) is 0 Å². The molecule has 3 atom stereocenters. The molecule has 0 amide bonds. The number of carbonyl (C=O) groups excluding carboxylic acids is 1. The second kappa shape index (κ2) is 7.51. The van der Waals surface area contributed by atoms with E-state index < -0.39 is 6.16 Å². The van der Waals surface area contributed by atoms with E-state index >= 15 is 0 Å². The summed E-state index contributed by atoms with van der Waals surface area (Å²) in [6.45, 7) is 4.32. The number of aryl methyl sites for hydroxylation is 1. The number of hydrogen-bond acceptors (Lipinski definition) is 4. The van der Waals surface area contributed by atoms with Gasteiger partial charge in [-0.1, -0.05) is 68.4 Å². The van der Waals surface area contributed by atoms with E-state index in [9.17, 15) is 9.90 Å². The van der Waals surface area contributed by atoms with Gasteiger partial charge in [0.05, 0.1) is 0 Å². The molecular weight excluding hydrogens is 412 g/mol. The average molecular weight is 439 g/mol. The molecule has 4 heteroatoms. The Bertz CT molecular complexity index is 1420. The van der Waals surface area contributed by atoms with Crippen molar-refractivity contribution in [2.45, 2.75) is 44.9 Å². The molecule has 2 aliphatic carbocycles. The maximum Gasteiger partial charge on any atom is 0.519 e. The second-order valence-corrected chi connectivity index (χ2v) is 9.38. The number of phenols is 1. The minimum Gasteiger partial charge on any atom is -0.507 e. The van der Waals surface area contributed by atoms with Crippen molar-refractivity contribution in [3.63, 3.8) is 0 Å². The quantitative estimate of drug-likeness (QED) is 0.267. The summed E-state index contributed by atoms with van der Waals surface area (Å²) < 4.78 is 11.8. The van der Waals surface area contributed by atoms with Crippen molar-refractivity contribution < 1.29 is 19.4 Å². The zero-order valence-electron chi connectivity index (χ0n) is 18.8. The molecule has 1 N–H and O–H groups in total. The minimum absolute atomic E-state index is 0.292. The molecule has 0 aliphatic heterocycles. The number of benzene rings is 4. The van der Waals surface area contributed by atoms with Gasteiger partial charge in [0, 0.05) is 27.3 Å². The first-order valence-corrected chi connectivity index (χ1v) is 11.7. The van der Waals surface area contributed by atoms with E-state index in [1.807, 2.05) is 54.6 Å². The summed E-state index contributed by atoms with van der Waals surface area (Å²) in [5.74, 6) is 2.50. The number of ether oxygens (including phenoxy) is 2. The fourth-order valence-corrected chi connectivity index (χ4v) is 6.14. The lowest BCUT2D eigenvalue weighted by atomic mass is 9.81. The minimum atomic E-state index is -0.748. The topological polar surface area (TPSA) is 55.8 Å². The molecule has 4 aromatic rings. The summed E-state index contributed by atoms with van der Waals surface area (Å²) in [5, 5.41) is 14.7. The summed E-state index contributed by atoms with van der Waals surface area (Å²) in [5.41, 5.74) is 3.01. The first kappa shape index (κ1) is 20.1. The lowest BCUT2D eigenvalue weighted by molar-refractivity contribution is 0.152. The lowest BCUT2D eigenvalue weighted by Gasteiger charge is -2.26. The van der Waals surface area contributed by atoms with Crippen LogP contribution < -0.4 is 9.47 Å². The highest BCUT2D eigenvalue weighted by atomic mass is 16.7. The molecule has 2 bridgehead atoms. The van der Waals surface area contributed by atoms with Crippen LogP contribution in [-0.4, -0.2) is 11.3 Å². The van der Waals surface area contributed by atoms with Crippen LogP contribution in [0.25, 0.3) is 21.5 Å². The Morgan fingerprint density at radius 2 is 1.70 bits per heavy atom. The van der Waals surface area contributed by atoms with E-state index in [1.54, 1.807) is 6.07 Å². The molecular formula is C29H26O4. The number of fused-ring (bicyclic) bond motifs is 7. The Balaban J connectivity index is 1.48. The normalized spacial score (nSPS) is 20.8. The van der Waals surface area contributed by atoms with Crippen molar-refractivity contribution in [3.05, 3.63) is 77.4 Å². The Morgan fingerprint density at radius 3 is 2.55 bits per heavy atom. The van der Waals surface area contributed by atoms with Gasteiger partial charge >= 0.3 is 6.16 Å². The highest BCUT2D eigenvalue weighted by Crippen LogP contribution is 2.63. The van der Waals surface area contributed by atoms with Gasteiger partial charge < -0.3 is 14.6 Å².